The van der Waals surface area contributed by atoms with Gasteiger partial charge in [-0.3, -0.25) is 4.79 Å². The van der Waals surface area contributed by atoms with Crippen LogP contribution in [0.5, 0.6) is 0 Å². The van der Waals surface area contributed by atoms with E-state index in [1.807, 2.05) is 31.2 Å². The SMILES string of the molecule is CCCC(CNC(=O)OCC1c2ccccc2-c2ccccc21)C(=O)NC1(C(=O)O)CC1. The number of carbonyl (C=O) groups excluding carboxylic acids is 2. The molecule has 32 heavy (non-hydrogen) atoms. The van der Waals surface area contributed by atoms with Gasteiger partial charge in [0.1, 0.15) is 12.1 Å². The van der Waals surface area contributed by atoms with Gasteiger partial charge in [0, 0.05) is 12.5 Å². The molecule has 2 amide bonds. The first-order valence-electron chi connectivity index (χ1n) is 11.1. The zero-order chi connectivity index (χ0) is 22.7. The summed E-state index contributed by atoms with van der Waals surface area (Å²) in [5, 5.41) is 14.6. The molecule has 168 valence electrons. The first-order valence-corrected chi connectivity index (χ1v) is 11.1. The second kappa shape index (κ2) is 9.02. The minimum atomic E-state index is -1.13. The number of carboxylic acids is 1. The van der Waals surface area contributed by atoms with Crippen molar-refractivity contribution in [1.29, 1.82) is 0 Å². The predicted octanol–water partition coefficient (Wildman–Crippen LogP) is 3.67. The maximum absolute atomic E-state index is 12.6. The molecule has 0 heterocycles. The summed E-state index contributed by atoms with van der Waals surface area (Å²) < 4.78 is 5.52. The summed E-state index contributed by atoms with van der Waals surface area (Å²) in [6, 6.07) is 16.2. The highest BCUT2D eigenvalue weighted by atomic mass is 16.5. The van der Waals surface area contributed by atoms with E-state index in [4.69, 9.17) is 4.74 Å². The van der Waals surface area contributed by atoms with Gasteiger partial charge in [0.15, 0.2) is 0 Å². The average molecular weight is 437 g/mol. The lowest BCUT2D eigenvalue weighted by Crippen LogP contribution is -2.48. The Morgan fingerprint density at radius 2 is 1.66 bits per heavy atom. The zero-order valence-electron chi connectivity index (χ0n) is 18.1. The number of rotatable bonds is 9. The minimum Gasteiger partial charge on any atom is -0.480 e. The van der Waals surface area contributed by atoms with Crippen LogP contribution < -0.4 is 10.6 Å². The number of benzene rings is 2. The topological polar surface area (TPSA) is 105 Å². The average Bonchev–Trinajstić information content (AvgIpc) is 3.51. The molecule has 0 aromatic heterocycles. The maximum Gasteiger partial charge on any atom is 0.407 e. The lowest BCUT2D eigenvalue weighted by molar-refractivity contribution is -0.143. The van der Waals surface area contributed by atoms with Gasteiger partial charge in [0.05, 0.1) is 5.92 Å². The van der Waals surface area contributed by atoms with E-state index in [0.717, 1.165) is 28.7 Å². The van der Waals surface area contributed by atoms with Crippen LogP contribution in [0.25, 0.3) is 11.1 Å². The molecule has 1 unspecified atom stereocenters. The quantitative estimate of drug-likeness (QED) is 0.556. The van der Waals surface area contributed by atoms with Crippen molar-refractivity contribution in [2.75, 3.05) is 13.2 Å². The summed E-state index contributed by atoms with van der Waals surface area (Å²) >= 11 is 0. The Hall–Kier alpha value is -3.35. The number of carboxylic acid groups (broad SMARTS) is 1. The molecule has 0 bridgehead atoms. The van der Waals surface area contributed by atoms with Crippen molar-refractivity contribution in [2.24, 2.45) is 5.92 Å². The number of fused-ring (bicyclic) bond motifs is 3. The lowest BCUT2D eigenvalue weighted by Gasteiger charge is -2.20. The van der Waals surface area contributed by atoms with Gasteiger partial charge in [-0.25, -0.2) is 9.59 Å². The Balaban J connectivity index is 1.33. The van der Waals surface area contributed by atoms with Crippen molar-refractivity contribution in [3.63, 3.8) is 0 Å². The number of carbonyl (C=O) groups is 3. The van der Waals surface area contributed by atoms with Gasteiger partial charge < -0.3 is 20.5 Å². The molecule has 2 aromatic rings. The highest BCUT2D eigenvalue weighted by Crippen LogP contribution is 2.44. The van der Waals surface area contributed by atoms with Crippen LogP contribution in [-0.2, 0) is 14.3 Å². The van der Waals surface area contributed by atoms with Crippen LogP contribution in [0.2, 0.25) is 0 Å². The fourth-order valence-electron chi connectivity index (χ4n) is 4.39. The van der Waals surface area contributed by atoms with Crippen molar-refractivity contribution in [1.82, 2.24) is 10.6 Å². The van der Waals surface area contributed by atoms with E-state index in [-0.39, 0.29) is 25.0 Å². The Morgan fingerprint density at radius 3 is 2.19 bits per heavy atom. The number of amides is 2. The van der Waals surface area contributed by atoms with Crippen LogP contribution in [-0.4, -0.2) is 41.8 Å². The van der Waals surface area contributed by atoms with Crippen molar-refractivity contribution in [3.8, 4) is 11.1 Å². The second-order valence-electron chi connectivity index (χ2n) is 8.57. The van der Waals surface area contributed by atoms with E-state index in [0.29, 0.717) is 19.3 Å². The molecule has 2 aromatic carbocycles. The van der Waals surface area contributed by atoms with Gasteiger partial charge in [0.2, 0.25) is 5.91 Å². The minimum absolute atomic E-state index is 0.0341. The van der Waals surface area contributed by atoms with Crippen LogP contribution in [0.1, 0.15) is 49.7 Å². The molecule has 0 aliphatic heterocycles. The summed E-state index contributed by atoms with van der Waals surface area (Å²) in [6.07, 6.45) is 1.58. The Kier molecular flexibility index (Phi) is 6.17. The number of aliphatic carboxylic acids is 1. The molecule has 1 saturated carbocycles. The van der Waals surface area contributed by atoms with Crippen LogP contribution >= 0.6 is 0 Å². The fourth-order valence-corrected chi connectivity index (χ4v) is 4.39. The van der Waals surface area contributed by atoms with Gasteiger partial charge in [-0.05, 0) is 41.5 Å². The van der Waals surface area contributed by atoms with Crippen molar-refractivity contribution in [2.45, 2.75) is 44.1 Å². The van der Waals surface area contributed by atoms with Gasteiger partial charge in [-0.2, -0.15) is 0 Å². The largest absolute Gasteiger partial charge is 0.480 e. The van der Waals surface area contributed by atoms with Crippen molar-refractivity contribution >= 4 is 18.0 Å². The molecular weight excluding hydrogens is 408 g/mol. The summed E-state index contributed by atoms with van der Waals surface area (Å²) in [6.45, 7) is 2.25. The second-order valence-corrected chi connectivity index (χ2v) is 8.57. The van der Waals surface area contributed by atoms with E-state index >= 15 is 0 Å². The molecule has 0 saturated heterocycles. The van der Waals surface area contributed by atoms with Crippen molar-refractivity contribution < 1.29 is 24.2 Å². The van der Waals surface area contributed by atoms with Crippen LogP contribution in [0.4, 0.5) is 4.79 Å². The van der Waals surface area contributed by atoms with Gasteiger partial charge in [0.25, 0.3) is 0 Å². The van der Waals surface area contributed by atoms with Crippen LogP contribution in [0, 0.1) is 5.92 Å². The molecule has 2 aliphatic carbocycles. The number of hydrogen-bond acceptors (Lipinski definition) is 4. The normalized spacial score (nSPS) is 16.4. The zero-order valence-corrected chi connectivity index (χ0v) is 18.1. The highest BCUT2D eigenvalue weighted by Gasteiger charge is 2.52. The Labute approximate surface area is 187 Å². The third kappa shape index (κ3) is 4.33. The van der Waals surface area contributed by atoms with E-state index in [2.05, 4.69) is 34.9 Å². The number of nitrogens with one attached hydrogen (secondary N) is 2. The number of hydrogen-bond donors (Lipinski definition) is 3. The summed E-state index contributed by atoms with van der Waals surface area (Å²) in [5.41, 5.74) is 3.45. The van der Waals surface area contributed by atoms with E-state index in [9.17, 15) is 19.5 Å². The van der Waals surface area contributed by atoms with E-state index < -0.39 is 23.5 Å². The van der Waals surface area contributed by atoms with Gasteiger partial charge in [-0.15, -0.1) is 0 Å². The molecule has 1 fully saturated rings. The molecule has 3 N–H and O–H groups in total. The molecule has 7 heteroatoms. The van der Waals surface area contributed by atoms with Gasteiger partial charge >= 0.3 is 12.1 Å². The summed E-state index contributed by atoms with van der Waals surface area (Å²) in [5.74, 6) is -1.89. The molecule has 0 radical (unpaired) electrons. The third-order valence-corrected chi connectivity index (χ3v) is 6.37. The molecule has 0 spiro atoms. The fraction of sp³-hybridized carbons (Fsp3) is 0.400. The molecule has 1 atom stereocenters. The van der Waals surface area contributed by atoms with Crippen LogP contribution in [0.15, 0.2) is 48.5 Å². The molecular formula is C25H28N2O5. The first kappa shape index (κ1) is 21.9. The predicted molar refractivity (Wildman–Crippen MR) is 119 cm³/mol. The first-order chi connectivity index (χ1) is 15.4. The Bertz CT molecular complexity index is 985. The lowest BCUT2D eigenvalue weighted by atomic mass is 9.98. The molecule has 4 rings (SSSR count). The smallest absolute Gasteiger partial charge is 0.407 e. The Morgan fingerprint density at radius 1 is 1.06 bits per heavy atom. The third-order valence-electron chi connectivity index (χ3n) is 6.37. The molecule has 7 nitrogen and oxygen atoms in total. The number of alkyl carbamates (subject to hydrolysis) is 1. The van der Waals surface area contributed by atoms with Crippen LogP contribution in [0.3, 0.4) is 0 Å². The maximum atomic E-state index is 12.6. The summed E-state index contributed by atoms with van der Waals surface area (Å²) in [7, 11) is 0. The van der Waals surface area contributed by atoms with Crippen molar-refractivity contribution in [3.05, 3.63) is 59.7 Å². The summed E-state index contributed by atoms with van der Waals surface area (Å²) in [4.78, 5) is 36.3. The van der Waals surface area contributed by atoms with E-state index in [1.165, 1.54) is 0 Å². The van der Waals surface area contributed by atoms with E-state index in [1.54, 1.807) is 0 Å². The number of ether oxygens (including phenoxy) is 1. The highest BCUT2D eigenvalue weighted by molar-refractivity contribution is 5.90. The van der Waals surface area contributed by atoms with Gasteiger partial charge in [-0.1, -0.05) is 61.9 Å². The monoisotopic (exact) mass is 436 g/mol. The molecule has 2 aliphatic rings. The standard InChI is InChI=1S/C25H28N2O5/c1-2-7-16(22(28)27-25(12-13-25)23(29)30)14-26-24(31)32-15-21-19-10-5-3-8-17(19)18-9-4-6-11-20(18)21/h3-6,8-11,16,21H,2,7,12-15H2,1H3,(H,26,31)(H,27,28)(H,29,30).